The Kier molecular flexibility index (Phi) is 2.93. The number of nitrogens with zero attached hydrogens (tertiary/aromatic N) is 1. The molecule has 70 valence electrons. The molecular formula is C9H10BrNO2. The van der Waals surface area contributed by atoms with Crippen molar-refractivity contribution in [3.05, 3.63) is 28.2 Å². The third-order valence-corrected chi connectivity index (χ3v) is 2.17. The van der Waals surface area contributed by atoms with Gasteiger partial charge < -0.3 is 10.0 Å². The van der Waals surface area contributed by atoms with E-state index in [0.29, 0.717) is 11.3 Å². The summed E-state index contributed by atoms with van der Waals surface area (Å²) in [5, 5.41) is 8.86. The SMILES string of the molecule is CN(C)c1cc(Br)ccc1C(=O)O. The van der Waals surface area contributed by atoms with Gasteiger partial charge in [0.2, 0.25) is 0 Å². The zero-order chi connectivity index (χ0) is 10.0. The molecule has 1 aromatic carbocycles. The molecule has 1 aromatic rings. The molecule has 0 saturated carbocycles. The van der Waals surface area contributed by atoms with Gasteiger partial charge in [-0.3, -0.25) is 0 Å². The van der Waals surface area contributed by atoms with Crippen molar-refractivity contribution in [2.24, 2.45) is 0 Å². The van der Waals surface area contributed by atoms with Gasteiger partial charge in [-0.2, -0.15) is 0 Å². The Hall–Kier alpha value is -1.03. The highest BCUT2D eigenvalue weighted by molar-refractivity contribution is 9.10. The average Bonchev–Trinajstić information content (AvgIpc) is 2.03. The van der Waals surface area contributed by atoms with Crippen molar-refractivity contribution in [3.8, 4) is 0 Å². The van der Waals surface area contributed by atoms with Crippen LogP contribution < -0.4 is 4.90 Å². The molecule has 0 bridgehead atoms. The Morgan fingerprint density at radius 2 is 2.08 bits per heavy atom. The Labute approximate surface area is 85.1 Å². The molecule has 13 heavy (non-hydrogen) atoms. The van der Waals surface area contributed by atoms with E-state index in [1.54, 1.807) is 23.1 Å². The van der Waals surface area contributed by atoms with E-state index in [0.717, 1.165) is 4.47 Å². The Balaban J connectivity index is 3.26. The molecule has 1 rings (SSSR count). The molecule has 4 heteroatoms. The molecule has 0 saturated heterocycles. The number of benzene rings is 1. The minimum Gasteiger partial charge on any atom is -0.478 e. The maximum Gasteiger partial charge on any atom is 0.337 e. The van der Waals surface area contributed by atoms with Crippen LogP contribution in [0.4, 0.5) is 5.69 Å². The number of aromatic carboxylic acids is 1. The molecule has 0 aromatic heterocycles. The average molecular weight is 244 g/mol. The van der Waals surface area contributed by atoms with Gasteiger partial charge in [-0.25, -0.2) is 4.79 Å². The van der Waals surface area contributed by atoms with E-state index in [-0.39, 0.29) is 0 Å². The first-order chi connectivity index (χ1) is 6.02. The van der Waals surface area contributed by atoms with E-state index in [1.807, 2.05) is 14.1 Å². The normalized spacial score (nSPS) is 9.77. The van der Waals surface area contributed by atoms with Crippen molar-refractivity contribution in [1.82, 2.24) is 0 Å². The molecule has 0 aliphatic heterocycles. The lowest BCUT2D eigenvalue weighted by atomic mass is 10.1. The summed E-state index contributed by atoms with van der Waals surface area (Å²) in [5.74, 6) is -0.906. The molecule has 0 atom stereocenters. The highest BCUT2D eigenvalue weighted by atomic mass is 79.9. The quantitative estimate of drug-likeness (QED) is 0.867. The van der Waals surface area contributed by atoms with Crippen LogP contribution in [0.1, 0.15) is 10.4 Å². The van der Waals surface area contributed by atoms with Crippen LogP contribution in [0.2, 0.25) is 0 Å². The largest absolute Gasteiger partial charge is 0.478 e. The van der Waals surface area contributed by atoms with Gasteiger partial charge in [-0.05, 0) is 18.2 Å². The van der Waals surface area contributed by atoms with E-state index in [4.69, 9.17) is 5.11 Å². The smallest absolute Gasteiger partial charge is 0.337 e. The second-order valence-electron chi connectivity index (χ2n) is 2.86. The molecule has 0 heterocycles. The number of hydrogen-bond donors (Lipinski definition) is 1. The lowest BCUT2D eigenvalue weighted by Gasteiger charge is -2.15. The van der Waals surface area contributed by atoms with Crippen molar-refractivity contribution < 1.29 is 9.90 Å². The van der Waals surface area contributed by atoms with E-state index in [1.165, 1.54) is 0 Å². The zero-order valence-electron chi connectivity index (χ0n) is 7.41. The van der Waals surface area contributed by atoms with Gasteiger partial charge in [0.25, 0.3) is 0 Å². The highest BCUT2D eigenvalue weighted by Gasteiger charge is 2.11. The maximum absolute atomic E-state index is 10.8. The van der Waals surface area contributed by atoms with Crippen LogP contribution in [0.3, 0.4) is 0 Å². The lowest BCUT2D eigenvalue weighted by Crippen LogP contribution is -2.13. The topological polar surface area (TPSA) is 40.5 Å². The van der Waals surface area contributed by atoms with Gasteiger partial charge >= 0.3 is 5.97 Å². The van der Waals surface area contributed by atoms with E-state index in [9.17, 15) is 4.79 Å². The zero-order valence-corrected chi connectivity index (χ0v) is 9.00. The molecule has 0 aliphatic carbocycles. The van der Waals surface area contributed by atoms with Crippen molar-refractivity contribution >= 4 is 27.6 Å². The monoisotopic (exact) mass is 243 g/mol. The summed E-state index contributed by atoms with van der Waals surface area (Å²) in [7, 11) is 3.63. The minimum absolute atomic E-state index is 0.313. The maximum atomic E-state index is 10.8. The molecule has 1 N–H and O–H groups in total. The van der Waals surface area contributed by atoms with Crippen molar-refractivity contribution in [3.63, 3.8) is 0 Å². The fourth-order valence-corrected chi connectivity index (χ4v) is 1.40. The summed E-state index contributed by atoms with van der Waals surface area (Å²) in [5.41, 5.74) is 1.01. The van der Waals surface area contributed by atoms with Crippen molar-refractivity contribution in [2.45, 2.75) is 0 Å². The molecule has 0 spiro atoms. The van der Waals surface area contributed by atoms with Gasteiger partial charge in [0, 0.05) is 18.6 Å². The summed E-state index contributed by atoms with van der Waals surface area (Å²) < 4.78 is 0.876. The fourth-order valence-electron chi connectivity index (χ4n) is 1.06. The van der Waals surface area contributed by atoms with E-state index >= 15 is 0 Å². The van der Waals surface area contributed by atoms with Gasteiger partial charge in [0.15, 0.2) is 0 Å². The van der Waals surface area contributed by atoms with Gasteiger partial charge in [-0.1, -0.05) is 15.9 Å². The standard InChI is InChI=1S/C9H10BrNO2/c1-11(2)8-5-6(10)3-4-7(8)9(12)13/h3-5H,1-2H3,(H,12,13). The Morgan fingerprint density at radius 3 is 2.54 bits per heavy atom. The van der Waals surface area contributed by atoms with E-state index < -0.39 is 5.97 Å². The number of hydrogen-bond acceptors (Lipinski definition) is 2. The second kappa shape index (κ2) is 3.79. The number of anilines is 1. The van der Waals surface area contributed by atoms with Crippen molar-refractivity contribution in [2.75, 3.05) is 19.0 Å². The number of carbonyl (C=O) groups is 1. The van der Waals surface area contributed by atoms with E-state index in [2.05, 4.69) is 15.9 Å². The van der Waals surface area contributed by atoms with Crippen LogP contribution in [0.5, 0.6) is 0 Å². The summed E-state index contributed by atoms with van der Waals surface area (Å²) in [6.45, 7) is 0. The first-order valence-electron chi connectivity index (χ1n) is 3.72. The molecule has 0 radical (unpaired) electrons. The minimum atomic E-state index is -0.906. The fraction of sp³-hybridized carbons (Fsp3) is 0.222. The number of carboxylic acid groups (broad SMARTS) is 1. The summed E-state index contributed by atoms with van der Waals surface area (Å²) >= 11 is 3.29. The van der Waals surface area contributed by atoms with Gasteiger partial charge in [-0.15, -0.1) is 0 Å². The third-order valence-electron chi connectivity index (χ3n) is 1.67. The first-order valence-corrected chi connectivity index (χ1v) is 4.52. The molecular weight excluding hydrogens is 234 g/mol. The molecule has 0 fully saturated rings. The summed E-state index contributed by atoms with van der Waals surface area (Å²) in [4.78, 5) is 12.6. The van der Waals surface area contributed by atoms with Gasteiger partial charge in [0.1, 0.15) is 0 Å². The molecule has 0 aliphatic rings. The number of rotatable bonds is 2. The van der Waals surface area contributed by atoms with Crippen LogP contribution in [0, 0.1) is 0 Å². The lowest BCUT2D eigenvalue weighted by molar-refractivity contribution is 0.0697. The Morgan fingerprint density at radius 1 is 1.46 bits per heavy atom. The number of carboxylic acids is 1. The van der Waals surface area contributed by atoms with Crippen LogP contribution in [-0.4, -0.2) is 25.2 Å². The van der Waals surface area contributed by atoms with Crippen LogP contribution in [0.25, 0.3) is 0 Å². The Bertz CT molecular complexity index is 336. The third kappa shape index (κ3) is 2.21. The first kappa shape index (κ1) is 10.1. The van der Waals surface area contributed by atoms with Crippen molar-refractivity contribution in [1.29, 1.82) is 0 Å². The molecule has 3 nitrogen and oxygen atoms in total. The second-order valence-corrected chi connectivity index (χ2v) is 3.78. The molecule has 0 amide bonds. The number of halogens is 1. The summed E-state index contributed by atoms with van der Waals surface area (Å²) in [6, 6.07) is 5.08. The van der Waals surface area contributed by atoms with Crippen LogP contribution in [0.15, 0.2) is 22.7 Å². The predicted molar refractivity (Wildman–Crippen MR) is 55.4 cm³/mol. The predicted octanol–water partition coefficient (Wildman–Crippen LogP) is 2.21. The van der Waals surface area contributed by atoms with Gasteiger partial charge in [0.05, 0.1) is 11.3 Å². The highest BCUT2D eigenvalue weighted by Crippen LogP contribution is 2.23. The summed E-state index contributed by atoms with van der Waals surface area (Å²) in [6.07, 6.45) is 0. The van der Waals surface area contributed by atoms with Crippen LogP contribution >= 0.6 is 15.9 Å². The molecule has 0 unspecified atom stereocenters. The van der Waals surface area contributed by atoms with Crippen LogP contribution in [-0.2, 0) is 0 Å².